The van der Waals surface area contributed by atoms with Gasteiger partial charge in [-0.15, -0.1) is 0 Å². The number of amides is 2. The van der Waals surface area contributed by atoms with E-state index >= 15 is 0 Å². The molecule has 3 heterocycles. The zero-order chi connectivity index (χ0) is 28.4. The Labute approximate surface area is 233 Å². The summed E-state index contributed by atoms with van der Waals surface area (Å²) in [6.07, 6.45) is 4.39. The molecule has 1 fully saturated rings. The van der Waals surface area contributed by atoms with E-state index in [-0.39, 0.29) is 22.9 Å². The maximum absolute atomic E-state index is 13.9. The van der Waals surface area contributed by atoms with E-state index in [1.807, 2.05) is 59.9 Å². The highest BCUT2D eigenvalue weighted by molar-refractivity contribution is 7.90. The molecule has 0 radical (unpaired) electrons. The molecule has 0 aliphatic carbocycles. The molecule has 40 heavy (non-hydrogen) atoms. The fourth-order valence-electron chi connectivity index (χ4n) is 4.95. The number of benzene rings is 2. The van der Waals surface area contributed by atoms with Crippen molar-refractivity contribution in [2.75, 3.05) is 24.2 Å². The van der Waals surface area contributed by atoms with Crippen molar-refractivity contribution in [3.8, 4) is 0 Å². The van der Waals surface area contributed by atoms with Crippen LogP contribution in [-0.2, 0) is 10.0 Å². The predicted octanol–water partition coefficient (Wildman–Crippen LogP) is 4.19. The molecule has 0 unspecified atom stereocenters. The second-order valence-corrected chi connectivity index (χ2v) is 12.1. The van der Waals surface area contributed by atoms with E-state index in [1.54, 1.807) is 0 Å². The number of aromatic nitrogens is 3. The molecular formula is C29H32N6O4S. The van der Waals surface area contributed by atoms with E-state index in [1.165, 1.54) is 29.4 Å². The number of hydrogen-bond acceptors (Lipinski definition) is 7. The molecule has 5 rings (SSSR count). The van der Waals surface area contributed by atoms with Gasteiger partial charge in [-0.3, -0.25) is 9.59 Å². The summed E-state index contributed by atoms with van der Waals surface area (Å²) >= 11 is 0. The molecule has 1 saturated heterocycles. The van der Waals surface area contributed by atoms with Gasteiger partial charge in [0.25, 0.3) is 11.8 Å². The summed E-state index contributed by atoms with van der Waals surface area (Å²) in [4.78, 5) is 32.9. The maximum atomic E-state index is 13.9. The Bertz CT molecular complexity index is 1680. The lowest BCUT2D eigenvalue weighted by Gasteiger charge is -2.32. The third-order valence-electron chi connectivity index (χ3n) is 7.33. The SMILES string of the molecule is CCS(=O)(=O)NC(=O)c1cnn2c(Nc3cc(C)ccc3C)c(C(=O)N3CCC(c4ccccc4)CC3)cnc12. The van der Waals surface area contributed by atoms with Crippen molar-refractivity contribution in [2.45, 2.75) is 39.5 Å². The Morgan fingerprint density at radius 3 is 2.42 bits per heavy atom. The lowest BCUT2D eigenvalue weighted by molar-refractivity contribution is 0.0713. The minimum absolute atomic E-state index is 0.0105. The van der Waals surface area contributed by atoms with Crippen LogP contribution in [0, 0.1) is 13.8 Å². The van der Waals surface area contributed by atoms with Gasteiger partial charge in [0.15, 0.2) is 5.65 Å². The number of nitrogens with zero attached hydrogens (tertiary/aromatic N) is 4. The first kappa shape index (κ1) is 27.3. The van der Waals surface area contributed by atoms with Crippen molar-refractivity contribution in [1.29, 1.82) is 0 Å². The van der Waals surface area contributed by atoms with Crippen LogP contribution in [0.25, 0.3) is 5.65 Å². The summed E-state index contributed by atoms with van der Waals surface area (Å²) in [7, 11) is -3.78. The first-order chi connectivity index (χ1) is 19.2. The molecule has 2 aromatic heterocycles. The first-order valence-corrected chi connectivity index (χ1v) is 14.9. The lowest BCUT2D eigenvalue weighted by atomic mass is 9.89. The van der Waals surface area contributed by atoms with Gasteiger partial charge in [0.05, 0.1) is 11.9 Å². The van der Waals surface area contributed by atoms with Crippen LogP contribution in [0.3, 0.4) is 0 Å². The van der Waals surface area contributed by atoms with Gasteiger partial charge in [-0.25, -0.2) is 18.1 Å². The summed E-state index contributed by atoms with van der Waals surface area (Å²) in [5.41, 5.74) is 4.47. The number of hydrogen-bond donors (Lipinski definition) is 2. The highest BCUT2D eigenvalue weighted by Gasteiger charge is 2.29. The predicted molar refractivity (Wildman–Crippen MR) is 153 cm³/mol. The molecule has 2 aromatic carbocycles. The third kappa shape index (κ3) is 5.55. The average molecular weight is 561 g/mol. The Kier molecular flexibility index (Phi) is 7.57. The average Bonchev–Trinajstić information content (AvgIpc) is 3.40. The maximum Gasteiger partial charge on any atom is 0.270 e. The van der Waals surface area contributed by atoms with Gasteiger partial charge >= 0.3 is 0 Å². The number of nitrogens with one attached hydrogen (secondary N) is 2. The van der Waals surface area contributed by atoms with Crippen LogP contribution >= 0.6 is 0 Å². The van der Waals surface area contributed by atoms with E-state index in [0.717, 1.165) is 29.7 Å². The quantitative estimate of drug-likeness (QED) is 0.347. The van der Waals surface area contributed by atoms with Gasteiger partial charge in [0.2, 0.25) is 10.0 Å². The second kappa shape index (κ2) is 11.1. The monoisotopic (exact) mass is 560 g/mol. The summed E-state index contributed by atoms with van der Waals surface area (Å²) in [6.45, 7) is 6.56. The number of likely N-dealkylation sites (tertiary alicyclic amines) is 1. The zero-order valence-corrected chi connectivity index (χ0v) is 23.5. The summed E-state index contributed by atoms with van der Waals surface area (Å²) < 4.78 is 27.4. The van der Waals surface area contributed by atoms with Gasteiger partial charge in [0, 0.05) is 25.0 Å². The molecule has 0 spiro atoms. The van der Waals surface area contributed by atoms with E-state index in [9.17, 15) is 18.0 Å². The van der Waals surface area contributed by atoms with Crippen molar-refractivity contribution in [3.05, 3.63) is 88.7 Å². The molecule has 4 aromatic rings. The van der Waals surface area contributed by atoms with Crippen LogP contribution in [-0.4, -0.2) is 58.6 Å². The molecule has 2 N–H and O–H groups in total. The standard InChI is InChI=1S/C29H32N6O4S/c1-4-40(38,39)33-28(36)23-18-31-35-26(23)30-17-24(27(35)32-25-16-19(2)10-11-20(25)3)29(37)34-14-12-22(13-15-34)21-8-6-5-7-9-21/h5-11,16-18,22,32H,4,12-15H2,1-3H3,(H,33,36). The van der Waals surface area contributed by atoms with Crippen LogP contribution < -0.4 is 10.0 Å². The molecule has 2 amide bonds. The lowest BCUT2D eigenvalue weighted by Crippen LogP contribution is -2.38. The number of carbonyl (C=O) groups is 2. The molecule has 1 aliphatic rings. The van der Waals surface area contributed by atoms with E-state index < -0.39 is 15.9 Å². The number of piperidine rings is 1. The molecular weight excluding hydrogens is 528 g/mol. The third-order valence-corrected chi connectivity index (χ3v) is 8.59. The van der Waals surface area contributed by atoms with Gasteiger partial charge in [-0.2, -0.15) is 9.61 Å². The number of fused-ring (bicyclic) bond motifs is 1. The minimum Gasteiger partial charge on any atom is -0.339 e. The van der Waals surface area contributed by atoms with Crippen LogP contribution in [0.2, 0.25) is 0 Å². The largest absolute Gasteiger partial charge is 0.339 e. The second-order valence-electron chi connectivity index (χ2n) is 10.1. The minimum atomic E-state index is -3.78. The number of aryl methyl sites for hydroxylation is 2. The first-order valence-electron chi connectivity index (χ1n) is 13.3. The fraction of sp³-hybridized carbons (Fsp3) is 0.310. The highest BCUT2D eigenvalue weighted by Crippen LogP contribution is 2.31. The molecule has 10 nitrogen and oxygen atoms in total. The number of sulfonamides is 1. The molecule has 0 bridgehead atoms. The zero-order valence-electron chi connectivity index (χ0n) is 22.7. The van der Waals surface area contributed by atoms with Crippen molar-refractivity contribution >= 4 is 39.0 Å². The molecule has 1 aliphatic heterocycles. The van der Waals surface area contributed by atoms with Crippen molar-refractivity contribution in [2.24, 2.45) is 0 Å². The van der Waals surface area contributed by atoms with Crippen molar-refractivity contribution < 1.29 is 18.0 Å². The Morgan fingerprint density at radius 2 is 1.73 bits per heavy atom. The van der Waals surface area contributed by atoms with E-state index in [2.05, 4.69) is 27.5 Å². The van der Waals surface area contributed by atoms with Gasteiger partial charge in [0.1, 0.15) is 16.9 Å². The number of anilines is 2. The fourth-order valence-corrected chi connectivity index (χ4v) is 5.48. The van der Waals surface area contributed by atoms with Crippen LogP contribution in [0.15, 0.2) is 60.9 Å². The summed E-state index contributed by atoms with van der Waals surface area (Å²) in [6, 6.07) is 16.3. The smallest absolute Gasteiger partial charge is 0.270 e. The highest BCUT2D eigenvalue weighted by atomic mass is 32.2. The number of carbonyl (C=O) groups excluding carboxylic acids is 2. The Hall–Kier alpha value is -4.25. The summed E-state index contributed by atoms with van der Waals surface area (Å²) in [5, 5.41) is 7.70. The molecule has 0 atom stereocenters. The van der Waals surface area contributed by atoms with E-state index in [0.29, 0.717) is 30.4 Å². The Morgan fingerprint density at radius 1 is 1.00 bits per heavy atom. The summed E-state index contributed by atoms with van der Waals surface area (Å²) in [5.74, 6) is -0.520. The van der Waals surface area contributed by atoms with Crippen LogP contribution in [0.5, 0.6) is 0 Å². The molecule has 11 heteroatoms. The molecule has 0 saturated carbocycles. The number of rotatable bonds is 7. The molecule has 208 valence electrons. The Balaban J connectivity index is 1.51. The van der Waals surface area contributed by atoms with Crippen molar-refractivity contribution in [1.82, 2.24) is 24.2 Å². The normalized spacial score (nSPS) is 14.3. The van der Waals surface area contributed by atoms with Gasteiger partial charge in [-0.1, -0.05) is 42.5 Å². The van der Waals surface area contributed by atoms with Crippen LogP contribution in [0.1, 0.15) is 63.1 Å². The van der Waals surface area contributed by atoms with Gasteiger partial charge < -0.3 is 10.2 Å². The van der Waals surface area contributed by atoms with Gasteiger partial charge in [-0.05, 0) is 62.3 Å². The van der Waals surface area contributed by atoms with Crippen LogP contribution in [0.4, 0.5) is 11.5 Å². The van der Waals surface area contributed by atoms with Crippen molar-refractivity contribution in [3.63, 3.8) is 0 Å². The van der Waals surface area contributed by atoms with E-state index in [4.69, 9.17) is 0 Å². The topological polar surface area (TPSA) is 126 Å².